The molecule has 1 unspecified atom stereocenters. The number of fused-ring (bicyclic) bond motifs is 7. The van der Waals surface area contributed by atoms with Crippen LogP contribution < -0.4 is 0 Å². The molecular weight excluding hydrogens is 374 g/mol. The first-order valence-electron chi connectivity index (χ1n) is 11.2. The molecule has 0 spiro atoms. The van der Waals surface area contributed by atoms with Gasteiger partial charge in [-0.2, -0.15) is 0 Å². The molecule has 1 fully saturated rings. The zero-order valence-corrected chi connectivity index (χ0v) is 18.7. The number of ketones is 1. The molecule has 5 rings (SSSR count). The maximum Gasteiger partial charge on any atom is 0.419 e. The lowest BCUT2D eigenvalue weighted by Gasteiger charge is -2.55. The van der Waals surface area contributed by atoms with E-state index in [1.54, 1.807) is 0 Å². The number of allylic oxidation sites excluding steroid dienone is 2. The van der Waals surface area contributed by atoms with Crippen LogP contribution in [0.25, 0.3) is 10.9 Å². The fourth-order valence-corrected chi connectivity index (χ4v) is 6.53. The highest BCUT2D eigenvalue weighted by Gasteiger charge is 2.61. The highest BCUT2D eigenvalue weighted by Crippen LogP contribution is 2.65. The van der Waals surface area contributed by atoms with Crippen LogP contribution in [-0.2, 0) is 21.4 Å². The number of benzene rings is 1. The van der Waals surface area contributed by atoms with Crippen molar-refractivity contribution in [3.05, 3.63) is 47.2 Å². The van der Waals surface area contributed by atoms with Gasteiger partial charge in [-0.05, 0) is 70.1 Å². The second-order valence-corrected chi connectivity index (χ2v) is 10.8. The molecule has 3 aliphatic rings. The first kappa shape index (κ1) is 19.6. The average Bonchev–Trinajstić information content (AvgIpc) is 3.14. The summed E-state index contributed by atoms with van der Waals surface area (Å²) in [4.78, 5) is 25.7. The number of rotatable bonds is 0. The van der Waals surface area contributed by atoms with Crippen molar-refractivity contribution < 1.29 is 14.3 Å². The van der Waals surface area contributed by atoms with Crippen LogP contribution in [0.3, 0.4) is 0 Å². The van der Waals surface area contributed by atoms with Crippen LogP contribution in [0.15, 0.2) is 35.9 Å². The zero-order chi connectivity index (χ0) is 21.5. The van der Waals surface area contributed by atoms with Crippen molar-refractivity contribution in [2.75, 3.05) is 0 Å². The fourth-order valence-electron chi connectivity index (χ4n) is 6.53. The molecule has 3 aliphatic carbocycles. The van der Waals surface area contributed by atoms with E-state index in [4.69, 9.17) is 4.74 Å². The first-order chi connectivity index (χ1) is 14.1. The number of nitrogens with zero attached hydrogens (tertiary/aromatic N) is 1. The van der Waals surface area contributed by atoms with Crippen molar-refractivity contribution in [2.45, 2.75) is 77.7 Å². The maximum absolute atomic E-state index is 13.5. The van der Waals surface area contributed by atoms with Gasteiger partial charge in [0.05, 0.1) is 5.52 Å². The Balaban J connectivity index is 1.79. The summed E-state index contributed by atoms with van der Waals surface area (Å²) in [6, 6.07) is 8.21. The molecule has 0 amide bonds. The van der Waals surface area contributed by atoms with Crippen LogP contribution in [0.2, 0.25) is 0 Å². The van der Waals surface area contributed by atoms with Crippen molar-refractivity contribution in [3.8, 4) is 0 Å². The summed E-state index contributed by atoms with van der Waals surface area (Å²) in [6.45, 7) is 10.4. The molecule has 3 atom stereocenters. The van der Waals surface area contributed by atoms with Gasteiger partial charge < -0.3 is 4.74 Å². The van der Waals surface area contributed by atoms with Gasteiger partial charge in [0.1, 0.15) is 5.60 Å². The third-order valence-corrected chi connectivity index (χ3v) is 8.14. The Morgan fingerprint density at radius 2 is 1.90 bits per heavy atom. The standard InChI is InChI=1S/C26H31NO3/c1-24(2,3)30-23(29)27-21-9-7-6-8-19(21)20-15-17-11-10-16-14-18(28)12-13-25(16,4)26(17,5)22(20)27/h6-9,14,17H,10-13,15H2,1-5H3/t17?,25-,26-/m1/s1. The number of hydrogen-bond donors (Lipinski definition) is 0. The van der Waals surface area contributed by atoms with Crippen LogP contribution in [0.4, 0.5) is 4.79 Å². The van der Waals surface area contributed by atoms with E-state index in [1.165, 1.54) is 11.1 Å². The van der Waals surface area contributed by atoms with E-state index in [0.717, 1.165) is 42.3 Å². The van der Waals surface area contributed by atoms with E-state index < -0.39 is 5.60 Å². The molecule has 158 valence electrons. The van der Waals surface area contributed by atoms with Crippen molar-refractivity contribution >= 4 is 22.8 Å². The van der Waals surface area contributed by atoms with Crippen LogP contribution in [0, 0.1) is 11.3 Å². The molecule has 0 aliphatic heterocycles. The molecule has 0 saturated heterocycles. The Morgan fingerprint density at radius 1 is 1.17 bits per heavy atom. The largest absolute Gasteiger partial charge is 0.443 e. The number of carbonyl (C=O) groups is 2. The Hall–Kier alpha value is -2.36. The molecule has 1 saturated carbocycles. The molecule has 2 aromatic rings. The van der Waals surface area contributed by atoms with Gasteiger partial charge in [-0.25, -0.2) is 9.36 Å². The lowest BCUT2D eigenvalue weighted by molar-refractivity contribution is -0.116. The smallest absolute Gasteiger partial charge is 0.419 e. The highest BCUT2D eigenvalue weighted by atomic mass is 16.6. The minimum Gasteiger partial charge on any atom is -0.443 e. The summed E-state index contributed by atoms with van der Waals surface area (Å²) >= 11 is 0. The molecule has 4 nitrogen and oxygen atoms in total. The van der Waals surface area contributed by atoms with Crippen LogP contribution in [0.1, 0.15) is 71.6 Å². The summed E-state index contributed by atoms with van der Waals surface area (Å²) < 4.78 is 7.74. The molecule has 0 N–H and O–H groups in total. The minimum atomic E-state index is -0.562. The molecule has 1 heterocycles. The van der Waals surface area contributed by atoms with Gasteiger partial charge in [-0.1, -0.05) is 37.6 Å². The van der Waals surface area contributed by atoms with Gasteiger partial charge in [-0.3, -0.25) is 4.79 Å². The van der Waals surface area contributed by atoms with Gasteiger partial charge in [0, 0.05) is 28.3 Å². The van der Waals surface area contributed by atoms with E-state index in [9.17, 15) is 9.59 Å². The summed E-state index contributed by atoms with van der Waals surface area (Å²) in [5.74, 6) is 0.714. The van der Waals surface area contributed by atoms with Crippen LogP contribution in [-0.4, -0.2) is 22.0 Å². The highest BCUT2D eigenvalue weighted by molar-refractivity contribution is 5.96. The molecule has 0 radical (unpaired) electrons. The quantitative estimate of drug-likeness (QED) is 0.545. The van der Waals surface area contributed by atoms with Crippen LogP contribution >= 0.6 is 0 Å². The number of para-hydroxylation sites is 1. The van der Waals surface area contributed by atoms with Gasteiger partial charge in [-0.15, -0.1) is 0 Å². The summed E-state index contributed by atoms with van der Waals surface area (Å²) in [5, 5.41) is 1.16. The second kappa shape index (κ2) is 6.09. The van der Waals surface area contributed by atoms with Gasteiger partial charge in [0.25, 0.3) is 0 Å². The third-order valence-electron chi connectivity index (χ3n) is 8.14. The number of aromatic nitrogens is 1. The Bertz CT molecular complexity index is 1120. The van der Waals surface area contributed by atoms with Crippen molar-refractivity contribution in [2.24, 2.45) is 11.3 Å². The monoisotopic (exact) mass is 405 g/mol. The topological polar surface area (TPSA) is 48.3 Å². The van der Waals surface area contributed by atoms with E-state index in [-0.39, 0.29) is 22.7 Å². The molecule has 4 heteroatoms. The fraction of sp³-hybridized carbons (Fsp3) is 0.538. The van der Waals surface area contributed by atoms with Crippen LogP contribution in [0.5, 0.6) is 0 Å². The third kappa shape index (κ3) is 2.45. The lowest BCUT2D eigenvalue weighted by atomic mass is 9.49. The minimum absolute atomic E-state index is 0.122. The number of carbonyl (C=O) groups excluding carboxylic acids is 2. The molecular formula is C26H31NO3. The summed E-state index contributed by atoms with van der Waals surface area (Å²) in [5.41, 5.74) is 3.72. The zero-order valence-electron chi connectivity index (χ0n) is 18.7. The SMILES string of the molecule is CC(C)(C)OC(=O)n1c2c(c3ccccc31)CC1CCC3=CC(=O)CC[C@@]3(C)[C@@]21C. The van der Waals surface area contributed by atoms with E-state index in [1.807, 2.05) is 43.5 Å². The van der Waals surface area contributed by atoms with E-state index >= 15 is 0 Å². The second-order valence-electron chi connectivity index (χ2n) is 10.8. The van der Waals surface area contributed by atoms with E-state index in [0.29, 0.717) is 12.3 Å². The van der Waals surface area contributed by atoms with Crippen molar-refractivity contribution in [3.63, 3.8) is 0 Å². The van der Waals surface area contributed by atoms with E-state index in [2.05, 4.69) is 26.0 Å². The number of ether oxygens (including phenoxy) is 1. The first-order valence-corrected chi connectivity index (χ1v) is 11.2. The van der Waals surface area contributed by atoms with Gasteiger partial charge in [0.2, 0.25) is 0 Å². The predicted octanol–water partition coefficient (Wildman–Crippen LogP) is 5.94. The summed E-state index contributed by atoms with van der Waals surface area (Å²) in [7, 11) is 0. The normalized spacial score (nSPS) is 30.5. The van der Waals surface area contributed by atoms with Gasteiger partial charge in [0.15, 0.2) is 5.78 Å². The molecule has 1 aromatic heterocycles. The predicted molar refractivity (Wildman–Crippen MR) is 118 cm³/mol. The molecule has 0 bridgehead atoms. The lowest BCUT2D eigenvalue weighted by Crippen LogP contribution is -2.52. The van der Waals surface area contributed by atoms with Gasteiger partial charge >= 0.3 is 6.09 Å². The average molecular weight is 406 g/mol. The Kier molecular flexibility index (Phi) is 3.98. The Labute approximate surface area is 178 Å². The van der Waals surface area contributed by atoms with Crippen molar-refractivity contribution in [1.29, 1.82) is 0 Å². The maximum atomic E-state index is 13.5. The summed E-state index contributed by atoms with van der Waals surface area (Å²) in [6.07, 6.45) is 6.07. The number of hydrogen-bond acceptors (Lipinski definition) is 3. The molecule has 30 heavy (non-hydrogen) atoms. The molecule has 1 aromatic carbocycles. The Morgan fingerprint density at radius 3 is 2.63 bits per heavy atom. The van der Waals surface area contributed by atoms with Crippen molar-refractivity contribution in [1.82, 2.24) is 4.57 Å².